The molecular formula is C17H22N2O4. The molecule has 1 saturated heterocycles. The van der Waals surface area contributed by atoms with Crippen molar-refractivity contribution in [1.82, 2.24) is 10.6 Å². The maximum absolute atomic E-state index is 12.6. The van der Waals surface area contributed by atoms with E-state index in [-0.39, 0.29) is 11.9 Å². The molecule has 3 N–H and O–H groups in total. The van der Waals surface area contributed by atoms with Crippen molar-refractivity contribution >= 4 is 5.91 Å². The number of fused-ring (bicyclic) bond motifs is 2. The van der Waals surface area contributed by atoms with Crippen LogP contribution in [0.4, 0.5) is 0 Å². The molecule has 2 fully saturated rings. The van der Waals surface area contributed by atoms with E-state index in [2.05, 4.69) is 10.6 Å². The number of rotatable bonds is 2. The van der Waals surface area contributed by atoms with E-state index < -0.39 is 6.10 Å². The summed E-state index contributed by atoms with van der Waals surface area (Å²) in [4.78, 5) is 12.6. The predicted molar refractivity (Wildman–Crippen MR) is 83.8 cm³/mol. The molecule has 0 bridgehead atoms. The van der Waals surface area contributed by atoms with Crippen molar-refractivity contribution in [3.05, 3.63) is 23.8 Å². The number of hydrogen-bond acceptors (Lipinski definition) is 5. The maximum Gasteiger partial charge on any atom is 0.255 e. The van der Waals surface area contributed by atoms with Crippen molar-refractivity contribution < 1.29 is 19.4 Å². The second kappa shape index (κ2) is 6.02. The fraction of sp³-hybridized carbons (Fsp3) is 0.588. The zero-order valence-corrected chi connectivity index (χ0v) is 13.0. The molecule has 0 unspecified atom stereocenters. The lowest BCUT2D eigenvalue weighted by molar-refractivity contribution is 0.0459. The number of para-hydroxylation sites is 1. The first-order chi connectivity index (χ1) is 11.2. The lowest BCUT2D eigenvalue weighted by atomic mass is 9.77. The van der Waals surface area contributed by atoms with Crippen LogP contribution in [0.3, 0.4) is 0 Å². The average molecular weight is 318 g/mol. The third-order valence-electron chi connectivity index (χ3n) is 5.17. The molecule has 1 saturated carbocycles. The van der Waals surface area contributed by atoms with Crippen LogP contribution in [0.25, 0.3) is 0 Å². The van der Waals surface area contributed by atoms with E-state index in [4.69, 9.17) is 9.47 Å². The zero-order valence-electron chi connectivity index (χ0n) is 13.0. The molecule has 6 heteroatoms. The molecule has 0 aromatic heterocycles. The van der Waals surface area contributed by atoms with E-state index in [0.717, 1.165) is 25.9 Å². The topological polar surface area (TPSA) is 79.8 Å². The first-order valence-electron chi connectivity index (χ1n) is 8.30. The monoisotopic (exact) mass is 318 g/mol. The lowest BCUT2D eigenvalue weighted by Gasteiger charge is -2.35. The third-order valence-corrected chi connectivity index (χ3v) is 5.17. The molecule has 124 valence electrons. The van der Waals surface area contributed by atoms with Crippen LogP contribution in [0.5, 0.6) is 11.5 Å². The summed E-state index contributed by atoms with van der Waals surface area (Å²) in [6.45, 7) is 2.88. The van der Waals surface area contributed by atoms with Crippen LogP contribution >= 0.6 is 0 Å². The lowest BCUT2D eigenvalue weighted by Crippen LogP contribution is -2.49. The number of ether oxygens (including phenoxy) is 2. The minimum absolute atomic E-state index is 0.205. The van der Waals surface area contributed by atoms with Gasteiger partial charge in [0, 0.05) is 0 Å². The second-order valence-electron chi connectivity index (χ2n) is 6.63. The SMILES string of the molecule is O=C(N[C@H]1C[C@H]2CNC[C@H]2C[C@@H]1O)c1cccc2c1OCCO2. The van der Waals surface area contributed by atoms with Crippen LogP contribution < -0.4 is 20.1 Å². The number of hydrogen-bond donors (Lipinski definition) is 3. The van der Waals surface area contributed by atoms with Gasteiger partial charge in [-0.3, -0.25) is 4.79 Å². The van der Waals surface area contributed by atoms with Gasteiger partial charge in [0.2, 0.25) is 0 Å². The number of aliphatic hydroxyl groups excluding tert-OH is 1. The van der Waals surface area contributed by atoms with Crippen LogP contribution in [0.1, 0.15) is 23.2 Å². The summed E-state index contributed by atoms with van der Waals surface area (Å²) in [5, 5.41) is 16.7. The van der Waals surface area contributed by atoms with E-state index in [1.165, 1.54) is 0 Å². The van der Waals surface area contributed by atoms with Crippen LogP contribution in [-0.4, -0.2) is 49.5 Å². The van der Waals surface area contributed by atoms with Gasteiger partial charge in [-0.25, -0.2) is 0 Å². The quantitative estimate of drug-likeness (QED) is 0.742. The molecule has 0 radical (unpaired) electrons. The summed E-state index contributed by atoms with van der Waals surface area (Å²) in [6, 6.07) is 5.12. The Hall–Kier alpha value is -1.79. The van der Waals surface area contributed by atoms with Gasteiger partial charge in [-0.1, -0.05) is 6.07 Å². The molecule has 0 spiro atoms. The highest BCUT2D eigenvalue weighted by Crippen LogP contribution is 2.35. The van der Waals surface area contributed by atoms with Crippen LogP contribution in [0, 0.1) is 11.8 Å². The first kappa shape index (κ1) is 14.8. The number of benzene rings is 1. The van der Waals surface area contributed by atoms with Crippen molar-refractivity contribution in [2.45, 2.75) is 25.0 Å². The normalized spacial score (nSPS) is 32.2. The number of aliphatic hydroxyl groups is 1. The number of nitrogens with one attached hydrogen (secondary N) is 2. The molecule has 1 aromatic rings. The Bertz CT molecular complexity index is 606. The molecule has 3 aliphatic rings. The second-order valence-corrected chi connectivity index (χ2v) is 6.63. The van der Waals surface area contributed by atoms with Gasteiger partial charge in [0.25, 0.3) is 5.91 Å². The summed E-state index contributed by atoms with van der Waals surface area (Å²) in [6.07, 6.45) is 1.07. The minimum atomic E-state index is -0.489. The van der Waals surface area contributed by atoms with Crippen LogP contribution in [0.2, 0.25) is 0 Å². The predicted octanol–water partition coefficient (Wildman–Crippen LogP) is 0.546. The van der Waals surface area contributed by atoms with E-state index in [1.807, 2.05) is 0 Å². The van der Waals surface area contributed by atoms with Crippen molar-refractivity contribution in [1.29, 1.82) is 0 Å². The highest BCUT2D eigenvalue weighted by molar-refractivity contribution is 5.98. The van der Waals surface area contributed by atoms with Gasteiger partial charge in [0.15, 0.2) is 11.5 Å². The van der Waals surface area contributed by atoms with E-state index in [9.17, 15) is 9.90 Å². The number of carbonyl (C=O) groups is 1. The van der Waals surface area contributed by atoms with Crippen molar-refractivity contribution in [3.8, 4) is 11.5 Å². The van der Waals surface area contributed by atoms with Crippen molar-refractivity contribution in [2.24, 2.45) is 11.8 Å². The largest absolute Gasteiger partial charge is 0.486 e. The Morgan fingerprint density at radius 1 is 1.17 bits per heavy atom. The Morgan fingerprint density at radius 2 is 1.96 bits per heavy atom. The molecule has 1 aliphatic carbocycles. The van der Waals surface area contributed by atoms with Gasteiger partial charge in [0.1, 0.15) is 13.2 Å². The Labute approximate surface area is 135 Å². The molecule has 4 rings (SSSR count). The molecular weight excluding hydrogens is 296 g/mol. The van der Waals surface area contributed by atoms with Crippen LogP contribution in [0.15, 0.2) is 18.2 Å². The Kier molecular flexibility index (Phi) is 3.87. The molecule has 23 heavy (non-hydrogen) atoms. The van der Waals surface area contributed by atoms with Gasteiger partial charge >= 0.3 is 0 Å². The van der Waals surface area contributed by atoms with E-state index in [0.29, 0.717) is 42.1 Å². The summed E-state index contributed by atoms with van der Waals surface area (Å²) >= 11 is 0. The average Bonchev–Trinajstić information content (AvgIpc) is 3.01. The zero-order chi connectivity index (χ0) is 15.8. The highest BCUT2D eigenvalue weighted by atomic mass is 16.6. The summed E-state index contributed by atoms with van der Waals surface area (Å²) in [5.41, 5.74) is 0.473. The van der Waals surface area contributed by atoms with Gasteiger partial charge in [0.05, 0.1) is 17.7 Å². The Balaban J connectivity index is 1.49. The molecule has 4 atom stereocenters. The number of amides is 1. The maximum atomic E-state index is 12.6. The Morgan fingerprint density at radius 3 is 2.83 bits per heavy atom. The third kappa shape index (κ3) is 2.77. The summed E-state index contributed by atoms with van der Waals surface area (Å²) < 4.78 is 11.1. The summed E-state index contributed by atoms with van der Waals surface area (Å²) in [5.74, 6) is 1.96. The van der Waals surface area contributed by atoms with Gasteiger partial charge in [-0.05, 0) is 49.9 Å². The molecule has 1 amide bonds. The van der Waals surface area contributed by atoms with E-state index >= 15 is 0 Å². The molecule has 1 aromatic carbocycles. The number of carbonyl (C=O) groups excluding carboxylic acids is 1. The van der Waals surface area contributed by atoms with Gasteiger partial charge in [-0.2, -0.15) is 0 Å². The first-order valence-corrected chi connectivity index (χ1v) is 8.30. The highest BCUT2D eigenvalue weighted by Gasteiger charge is 2.39. The fourth-order valence-corrected chi connectivity index (χ4v) is 3.95. The minimum Gasteiger partial charge on any atom is -0.486 e. The van der Waals surface area contributed by atoms with Crippen molar-refractivity contribution in [3.63, 3.8) is 0 Å². The smallest absolute Gasteiger partial charge is 0.255 e. The fourth-order valence-electron chi connectivity index (χ4n) is 3.95. The standard InChI is InChI=1S/C17H22N2O4/c20-14-7-11-9-18-8-10(11)6-13(14)19-17(21)12-2-1-3-15-16(12)23-5-4-22-15/h1-3,10-11,13-14,18,20H,4-9H2,(H,19,21)/t10-,11+,13-,14-/m0/s1. The summed E-state index contributed by atoms with van der Waals surface area (Å²) in [7, 11) is 0. The van der Waals surface area contributed by atoms with Crippen molar-refractivity contribution in [2.75, 3.05) is 26.3 Å². The molecule has 2 aliphatic heterocycles. The molecule has 6 nitrogen and oxygen atoms in total. The van der Waals surface area contributed by atoms with Gasteiger partial charge < -0.3 is 25.2 Å². The van der Waals surface area contributed by atoms with Crippen LogP contribution in [-0.2, 0) is 0 Å². The molecule has 2 heterocycles. The van der Waals surface area contributed by atoms with E-state index in [1.54, 1.807) is 18.2 Å². The van der Waals surface area contributed by atoms with Gasteiger partial charge in [-0.15, -0.1) is 0 Å².